The normalized spacial score (nSPS) is 12.1. The quantitative estimate of drug-likeness (QED) is 0.604. The molecule has 4 nitrogen and oxygen atoms in total. The van der Waals surface area contributed by atoms with Crippen LogP contribution in [0, 0.1) is 0 Å². The summed E-state index contributed by atoms with van der Waals surface area (Å²) in [5.74, 6) is -0.166. The van der Waals surface area contributed by atoms with Gasteiger partial charge in [0.05, 0.1) is 0 Å². The number of carbonyl (C=O) groups is 1. The maximum absolute atomic E-state index is 10.7. The molecule has 0 fully saturated rings. The predicted octanol–water partition coefficient (Wildman–Crippen LogP) is 1.47. The van der Waals surface area contributed by atoms with E-state index in [0.29, 0.717) is 6.42 Å². The van der Waals surface area contributed by atoms with Gasteiger partial charge in [0.2, 0.25) is 6.29 Å². The van der Waals surface area contributed by atoms with Crippen LogP contribution in [-0.2, 0) is 20.7 Å². The highest BCUT2D eigenvalue weighted by Gasteiger charge is 2.11. The van der Waals surface area contributed by atoms with E-state index < -0.39 is 6.29 Å². The molecule has 0 bridgehead atoms. The summed E-state index contributed by atoms with van der Waals surface area (Å²) in [6.45, 7) is 1.34. The minimum atomic E-state index is -0.577. The van der Waals surface area contributed by atoms with E-state index >= 15 is 0 Å². The average Bonchev–Trinajstić information content (AvgIpc) is 2.19. The molecule has 0 spiro atoms. The summed E-state index contributed by atoms with van der Waals surface area (Å²) in [6, 6.07) is 6.67. The number of ether oxygens (including phenoxy) is 2. The second-order valence-electron chi connectivity index (χ2n) is 3.15. The standard InChI is InChI=1S/C11H14O4/c1-8(12)15-11(14-2)7-9-3-5-10(13)6-4-9/h3-6,11,13H,7H2,1-2H3. The van der Waals surface area contributed by atoms with Gasteiger partial charge in [-0.05, 0) is 17.7 Å². The molecule has 0 heterocycles. The Morgan fingerprint density at radius 3 is 2.47 bits per heavy atom. The topological polar surface area (TPSA) is 55.8 Å². The van der Waals surface area contributed by atoms with Crippen molar-refractivity contribution in [3.05, 3.63) is 29.8 Å². The number of aromatic hydroxyl groups is 1. The van der Waals surface area contributed by atoms with E-state index in [2.05, 4.69) is 0 Å². The molecule has 4 heteroatoms. The number of benzene rings is 1. The molecule has 0 aliphatic rings. The Morgan fingerprint density at radius 2 is 2.00 bits per heavy atom. The smallest absolute Gasteiger partial charge is 0.304 e. The number of carbonyl (C=O) groups excluding carboxylic acids is 1. The van der Waals surface area contributed by atoms with Crippen molar-refractivity contribution in [1.29, 1.82) is 0 Å². The van der Waals surface area contributed by atoms with E-state index in [0.717, 1.165) is 5.56 Å². The van der Waals surface area contributed by atoms with Gasteiger partial charge >= 0.3 is 5.97 Å². The van der Waals surface area contributed by atoms with Gasteiger partial charge in [-0.3, -0.25) is 4.79 Å². The van der Waals surface area contributed by atoms with Crippen LogP contribution in [0.3, 0.4) is 0 Å². The Hall–Kier alpha value is -1.55. The van der Waals surface area contributed by atoms with Crippen LogP contribution in [0.1, 0.15) is 12.5 Å². The molecule has 0 aliphatic heterocycles. The first kappa shape index (κ1) is 11.5. The lowest BCUT2D eigenvalue weighted by atomic mass is 10.1. The van der Waals surface area contributed by atoms with Crippen molar-refractivity contribution in [2.75, 3.05) is 7.11 Å². The summed E-state index contributed by atoms with van der Waals surface area (Å²) in [4.78, 5) is 10.7. The van der Waals surface area contributed by atoms with Gasteiger partial charge in [-0.2, -0.15) is 0 Å². The van der Waals surface area contributed by atoms with E-state index in [4.69, 9.17) is 14.6 Å². The van der Waals surface area contributed by atoms with Crippen LogP contribution in [0.2, 0.25) is 0 Å². The van der Waals surface area contributed by atoms with Crippen LogP contribution < -0.4 is 0 Å². The van der Waals surface area contributed by atoms with E-state index in [1.807, 2.05) is 0 Å². The van der Waals surface area contributed by atoms with Crippen LogP contribution in [0.4, 0.5) is 0 Å². The van der Waals surface area contributed by atoms with Gasteiger partial charge in [-0.25, -0.2) is 0 Å². The molecule has 1 atom stereocenters. The average molecular weight is 210 g/mol. The number of phenols is 1. The predicted molar refractivity (Wildman–Crippen MR) is 54.4 cm³/mol. The number of methoxy groups -OCH3 is 1. The molecular formula is C11H14O4. The molecule has 0 saturated carbocycles. The van der Waals surface area contributed by atoms with Gasteiger partial charge in [0, 0.05) is 20.5 Å². The monoisotopic (exact) mass is 210 g/mol. The molecule has 1 aromatic rings. The van der Waals surface area contributed by atoms with Crippen LogP contribution in [0.25, 0.3) is 0 Å². The maximum Gasteiger partial charge on any atom is 0.304 e. The maximum atomic E-state index is 10.7. The zero-order valence-corrected chi connectivity index (χ0v) is 8.77. The number of hydrogen-bond donors (Lipinski definition) is 1. The highest BCUT2D eigenvalue weighted by Crippen LogP contribution is 2.12. The number of rotatable bonds is 4. The minimum Gasteiger partial charge on any atom is -0.508 e. The molecule has 1 aromatic carbocycles. The first-order valence-electron chi connectivity index (χ1n) is 4.59. The third-order valence-corrected chi connectivity index (χ3v) is 1.90. The van der Waals surface area contributed by atoms with Crippen LogP contribution in [0.5, 0.6) is 5.75 Å². The molecule has 15 heavy (non-hydrogen) atoms. The lowest BCUT2D eigenvalue weighted by molar-refractivity contribution is -0.170. The molecule has 0 amide bonds. The second-order valence-corrected chi connectivity index (χ2v) is 3.15. The first-order chi connectivity index (χ1) is 7.11. The Morgan fingerprint density at radius 1 is 1.40 bits per heavy atom. The van der Waals surface area contributed by atoms with E-state index in [9.17, 15) is 4.79 Å². The summed E-state index contributed by atoms with van der Waals surface area (Å²) < 4.78 is 9.90. The fourth-order valence-corrected chi connectivity index (χ4v) is 1.18. The van der Waals surface area contributed by atoms with Crippen molar-refractivity contribution in [3.8, 4) is 5.75 Å². The zero-order valence-electron chi connectivity index (χ0n) is 8.77. The van der Waals surface area contributed by atoms with Crippen molar-refractivity contribution in [2.24, 2.45) is 0 Å². The Balaban J connectivity index is 2.58. The molecule has 0 saturated heterocycles. The highest BCUT2D eigenvalue weighted by atomic mass is 16.7. The summed E-state index contributed by atoms with van der Waals surface area (Å²) in [5, 5.41) is 9.08. The van der Waals surface area contributed by atoms with E-state index in [-0.39, 0.29) is 11.7 Å². The van der Waals surface area contributed by atoms with Gasteiger partial charge in [0.15, 0.2) is 0 Å². The first-order valence-corrected chi connectivity index (χ1v) is 4.59. The summed E-state index contributed by atoms with van der Waals surface area (Å²) >= 11 is 0. The molecule has 82 valence electrons. The van der Waals surface area contributed by atoms with Gasteiger partial charge in [-0.15, -0.1) is 0 Å². The minimum absolute atomic E-state index is 0.209. The van der Waals surface area contributed by atoms with Gasteiger partial charge in [-0.1, -0.05) is 12.1 Å². The highest BCUT2D eigenvalue weighted by molar-refractivity contribution is 5.66. The number of esters is 1. The van der Waals surface area contributed by atoms with Crippen molar-refractivity contribution < 1.29 is 19.4 Å². The Bertz CT molecular complexity index is 318. The Labute approximate surface area is 88.4 Å². The molecular weight excluding hydrogens is 196 g/mol. The summed E-state index contributed by atoms with van der Waals surface area (Å²) in [6.07, 6.45) is -0.108. The molecule has 1 unspecified atom stereocenters. The van der Waals surface area contributed by atoms with E-state index in [1.165, 1.54) is 14.0 Å². The van der Waals surface area contributed by atoms with E-state index in [1.54, 1.807) is 24.3 Å². The molecule has 0 radical (unpaired) electrons. The lowest BCUT2D eigenvalue weighted by Gasteiger charge is -2.14. The fraction of sp³-hybridized carbons (Fsp3) is 0.364. The Kier molecular flexibility index (Phi) is 4.12. The molecule has 1 N–H and O–H groups in total. The van der Waals surface area contributed by atoms with Crippen molar-refractivity contribution in [2.45, 2.75) is 19.6 Å². The van der Waals surface area contributed by atoms with Crippen LogP contribution in [0.15, 0.2) is 24.3 Å². The summed E-state index contributed by atoms with van der Waals surface area (Å²) in [7, 11) is 1.48. The second kappa shape index (κ2) is 5.36. The largest absolute Gasteiger partial charge is 0.508 e. The van der Waals surface area contributed by atoms with Gasteiger partial charge in [0.25, 0.3) is 0 Å². The van der Waals surface area contributed by atoms with Crippen molar-refractivity contribution in [3.63, 3.8) is 0 Å². The molecule has 1 rings (SSSR count). The number of hydrogen-bond acceptors (Lipinski definition) is 4. The summed E-state index contributed by atoms with van der Waals surface area (Å²) in [5.41, 5.74) is 0.931. The zero-order chi connectivity index (χ0) is 11.3. The fourth-order valence-electron chi connectivity index (χ4n) is 1.18. The third kappa shape index (κ3) is 3.99. The molecule has 0 aliphatic carbocycles. The van der Waals surface area contributed by atoms with Gasteiger partial charge < -0.3 is 14.6 Å². The van der Waals surface area contributed by atoms with Crippen LogP contribution >= 0.6 is 0 Å². The third-order valence-electron chi connectivity index (χ3n) is 1.90. The van der Waals surface area contributed by atoms with Crippen LogP contribution in [-0.4, -0.2) is 24.5 Å². The number of phenolic OH excluding ortho intramolecular Hbond substituents is 1. The van der Waals surface area contributed by atoms with Crippen molar-refractivity contribution >= 4 is 5.97 Å². The van der Waals surface area contributed by atoms with Gasteiger partial charge in [0.1, 0.15) is 5.75 Å². The SMILES string of the molecule is COC(Cc1ccc(O)cc1)OC(C)=O. The molecule has 0 aromatic heterocycles. The lowest BCUT2D eigenvalue weighted by Crippen LogP contribution is -2.20. The van der Waals surface area contributed by atoms with Crippen molar-refractivity contribution in [1.82, 2.24) is 0 Å².